The van der Waals surface area contributed by atoms with Gasteiger partial charge in [-0.3, -0.25) is 14.3 Å². The molecule has 3 aromatic rings. The molecule has 41 heavy (non-hydrogen) atoms. The van der Waals surface area contributed by atoms with Gasteiger partial charge in [0.05, 0.1) is 24.8 Å². The molecule has 11 heteroatoms. The van der Waals surface area contributed by atoms with Gasteiger partial charge in [-0.2, -0.15) is 4.98 Å². The van der Waals surface area contributed by atoms with Crippen LogP contribution in [0.2, 0.25) is 5.02 Å². The second-order valence-electron chi connectivity index (χ2n) is 11.0. The Morgan fingerprint density at radius 2 is 1.98 bits per heavy atom. The average molecular weight is 584 g/mol. The van der Waals surface area contributed by atoms with Crippen molar-refractivity contribution in [2.75, 3.05) is 57.4 Å². The van der Waals surface area contributed by atoms with Gasteiger partial charge in [-0.15, -0.1) is 0 Å². The molecular formula is C30H32ClF2N5O3. The summed E-state index contributed by atoms with van der Waals surface area (Å²) in [7, 11) is 0. The Morgan fingerprint density at radius 3 is 2.68 bits per heavy atom. The van der Waals surface area contributed by atoms with Crippen molar-refractivity contribution in [3.05, 3.63) is 69.6 Å². The summed E-state index contributed by atoms with van der Waals surface area (Å²) in [4.78, 5) is 36.8. The summed E-state index contributed by atoms with van der Waals surface area (Å²) in [6.07, 6.45) is 2.52. The smallest absolute Gasteiger partial charge is 0.350 e. The maximum atomic E-state index is 15.1. The molecule has 8 nitrogen and oxygen atoms in total. The first-order valence-electron chi connectivity index (χ1n) is 14.0. The largest absolute Gasteiger partial charge is 0.379 e. The first-order valence-corrected chi connectivity index (χ1v) is 14.4. The number of carbonyl (C=O) groups excluding carboxylic acids is 1. The summed E-state index contributed by atoms with van der Waals surface area (Å²) in [5, 5.41) is 1.02. The highest BCUT2D eigenvalue weighted by Gasteiger charge is 2.34. The highest BCUT2D eigenvalue weighted by Crippen LogP contribution is 2.44. The molecule has 2 atom stereocenters. The van der Waals surface area contributed by atoms with Gasteiger partial charge in [0, 0.05) is 72.9 Å². The van der Waals surface area contributed by atoms with Crippen molar-refractivity contribution < 1.29 is 18.3 Å². The van der Waals surface area contributed by atoms with Gasteiger partial charge in [0.2, 0.25) is 5.91 Å². The molecule has 0 radical (unpaired) electrons. The standard InChI is InChI=1S/C30H32ClF2N5O3/c1-3-26(39)36-8-9-37(18(2)16-36)29-23-15-24(31)27(21-6-4-19(32)14-25(21)33)22-7-5-20(17-35-10-12-41-13-11-35)38(28(22)23)30(40)34-29/h3-4,6,14-15,18,20H,1,5,7-13,16-17H2,2H3/t18-,20?/m0/s1. The second kappa shape index (κ2) is 11.2. The number of piperazine rings is 1. The molecule has 1 unspecified atom stereocenters. The van der Waals surface area contributed by atoms with Gasteiger partial charge in [-0.25, -0.2) is 13.6 Å². The molecule has 0 aliphatic carbocycles. The van der Waals surface area contributed by atoms with Crippen LogP contribution in [-0.2, 0) is 16.0 Å². The zero-order valence-electron chi connectivity index (χ0n) is 22.9. The number of morpholine rings is 1. The first-order chi connectivity index (χ1) is 19.8. The summed E-state index contributed by atoms with van der Waals surface area (Å²) >= 11 is 6.89. The number of aromatic nitrogens is 2. The van der Waals surface area contributed by atoms with E-state index < -0.39 is 11.6 Å². The first kappa shape index (κ1) is 27.8. The quantitative estimate of drug-likeness (QED) is 0.422. The van der Waals surface area contributed by atoms with Crippen molar-refractivity contribution in [3.63, 3.8) is 0 Å². The van der Waals surface area contributed by atoms with Gasteiger partial charge in [-0.1, -0.05) is 18.2 Å². The lowest BCUT2D eigenvalue weighted by Crippen LogP contribution is -2.54. The van der Waals surface area contributed by atoms with Gasteiger partial charge in [0.15, 0.2) is 0 Å². The lowest BCUT2D eigenvalue weighted by atomic mass is 9.89. The average Bonchev–Trinajstić information content (AvgIpc) is 2.96. The van der Waals surface area contributed by atoms with E-state index in [9.17, 15) is 14.0 Å². The number of amides is 1. The fourth-order valence-corrected chi connectivity index (χ4v) is 6.84. The van der Waals surface area contributed by atoms with E-state index in [0.29, 0.717) is 79.5 Å². The summed E-state index contributed by atoms with van der Waals surface area (Å²) in [6, 6.07) is 4.96. The SMILES string of the molecule is C=CC(=O)N1CCN(c2nc(=O)n3c4c(c(-c5ccc(F)cc5F)c(Cl)cc24)CCC3CN2CCOCC2)[C@@H](C)C1. The summed E-state index contributed by atoms with van der Waals surface area (Å²) in [5.41, 5.74) is 1.73. The van der Waals surface area contributed by atoms with Crippen LogP contribution in [0.5, 0.6) is 0 Å². The molecule has 0 saturated carbocycles. The predicted octanol–water partition coefficient (Wildman–Crippen LogP) is 4.04. The van der Waals surface area contributed by atoms with E-state index in [4.69, 9.17) is 16.3 Å². The van der Waals surface area contributed by atoms with Crippen molar-refractivity contribution in [3.8, 4) is 11.1 Å². The minimum Gasteiger partial charge on any atom is -0.379 e. The van der Waals surface area contributed by atoms with Crippen LogP contribution in [0, 0.1) is 11.6 Å². The highest BCUT2D eigenvalue weighted by molar-refractivity contribution is 6.34. The third-order valence-corrected chi connectivity index (χ3v) is 8.79. The third-order valence-electron chi connectivity index (χ3n) is 8.49. The van der Waals surface area contributed by atoms with E-state index in [2.05, 4.69) is 16.5 Å². The summed E-state index contributed by atoms with van der Waals surface area (Å²) in [6.45, 7) is 10.5. The van der Waals surface area contributed by atoms with Crippen LogP contribution in [0.15, 0.2) is 41.7 Å². The Hall–Kier alpha value is -3.34. The van der Waals surface area contributed by atoms with Crippen LogP contribution >= 0.6 is 11.6 Å². The lowest BCUT2D eigenvalue weighted by molar-refractivity contribution is -0.126. The number of ether oxygens (including phenoxy) is 1. The van der Waals surface area contributed by atoms with Crippen LogP contribution in [0.1, 0.15) is 24.9 Å². The monoisotopic (exact) mass is 583 g/mol. The number of nitrogens with zero attached hydrogens (tertiary/aromatic N) is 5. The molecule has 3 aliphatic heterocycles. The lowest BCUT2D eigenvalue weighted by Gasteiger charge is -2.41. The van der Waals surface area contributed by atoms with Crippen molar-refractivity contribution in [1.82, 2.24) is 19.4 Å². The van der Waals surface area contributed by atoms with Crippen LogP contribution < -0.4 is 10.6 Å². The number of aryl methyl sites for hydroxylation is 1. The third kappa shape index (κ3) is 5.02. The van der Waals surface area contributed by atoms with E-state index in [0.717, 1.165) is 24.7 Å². The number of rotatable bonds is 5. The van der Waals surface area contributed by atoms with Crippen molar-refractivity contribution >= 4 is 34.2 Å². The Labute approximate surface area is 241 Å². The van der Waals surface area contributed by atoms with E-state index in [1.807, 2.05) is 11.8 Å². The number of carbonyl (C=O) groups is 1. The number of hydrogen-bond donors (Lipinski definition) is 0. The van der Waals surface area contributed by atoms with Crippen molar-refractivity contribution in [1.29, 1.82) is 0 Å². The zero-order valence-corrected chi connectivity index (χ0v) is 23.7. The second-order valence-corrected chi connectivity index (χ2v) is 11.4. The number of halogens is 3. The molecule has 2 aromatic carbocycles. The summed E-state index contributed by atoms with van der Waals surface area (Å²) in [5.74, 6) is -1.02. The van der Waals surface area contributed by atoms with E-state index in [1.54, 1.807) is 15.5 Å². The van der Waals surface area contributed by atoms with Crippen LogP contribution in [0.3, 0.4) is 0 Å². The van der Waals surface area contributed by atoms with Crippen molar-refractivity contribution in [2.24, 2.45) is 0 Å². The fraction of sp³-hybridized carbons (Fsp3) is 0.433. The molecule has 0 spiro atoms. The molecule has 2 fully saturated rings. The molecular weight excluding hydrogens is 552 g/mol. The molecule has 0 N–H and O–H groups in total. The van der Waals surface area contributed by atoms with E-state index in [-0.39, 0.29) is 29.2 Å². The zero-order chi connectivity index (χ0) is 28.8. The molecule has 0 bridgehead atoms. The normalized spacial score (nSPS) is 21.4. The van der Waals surface area contributed by atoms with Crippen molar-refractivity contribution in [2.45, 2.75) is 31.8 Å². The van der Waals surface area contributed by atoms with Gasteiger partial charge >= 0.3 is 5.69 Å². The molecule has 216 valence electrons. The maximum Gasteiger partial charge on any atom is 0.350 e. The Kier molecular flexibility index (Phi) is 7.56. The number of anilines is 1. The van der Waals surface area contributed by atoms with E-state index >= 15 is 4.39 Å². The van der Waals surface area contributed by atoms with Crippen LogP contribution in [0.4, 0.5) is 14.6 Å². The molecule has 3 aliphatic rings. The molecule has 1 amide bonds. The summed E-state index contributed by atoms with van der Waals surface area (Å²) < 4.78 is 36.2. The number of hydrogen-bond acceptors (Lipinski definition) is 6. The maximum absolute atomic E-state index is 15.1. The van der Waals surface area contributed by atoms with Crippen LogP contribution in [-0.4, -0.2) is 83.8 Å². The van der Waals surface area contributed by atoms with Gasteiger partial charge in [-0.05, 0) is 49.6 Å². The topological polar surface area (TPSA) is 70.9 Å². The van der Waals surface area contributed by atoms with Gasteiger partial charge in [0.25, 0.3) is 0 Å². The molecule has 1 aromatic heterocycles. The minimum absolute atomic E-state index is 0.123. The Balaban J connectivity index is 1.53. The predicted molar refractivity (Wildman–Crippen MR) is 155 cm³/mol. The highest BCUT2D eigenvalue weighted by atomic mass is 35.5. The molecule has 2 saturated heterocycles. The van der Waals surface area contributed by atoms with E-state index in [1.165, 1.54) is 18.2 Å². The van der Waals surface area contributed by atoms with Gasteiger partial charge in [0.1, 0.15) is 17.5 Å². The Morgan fingerprint density at radius 1 is 1.20 bits per heavy atom. The number of benzene rings is 2. The molecule has 6 rings (SSSR count). The van der Waals surface area contributed by atoms with Crippen LogP contribution in [0.25, 0.3) is 22.0 Å². The van der Waals surface area contributed by atoms with Gasteiger partial charge < -0.3 is 14.5 Å². The Bertz CT molecular complexity index is 1590. The molecule has 4 heterocycles. The minimum atomic E-state index is -0.710. The fourth-order valence-electron chi connectivity index (χ4n) is 6.52.